The largest absolute Gasteiger partial charge is 0.313 e. The van der Waals surface area contributed by atoms with E-state index in [2.05, 4.69) is 17.0 Å². The van der Waals surface area contributed by atoms with E-state index in [1.165, 1.54) is 6.42 Å². The Morgan fingerprint density at radius 2 is 2.00 bits per heavy atom. The maximum Gasteiger partial charge on any atom is 0.240 e. The van der Waals surface area contributed by atoms with Crippen molar-refractivity contribution in [1.29, 1.82) is 0 Å². The van der Waals surface area contributed by atoms with Crippen molar-refractivity contribution in [3.63, 3.8) is 0 Å². The average molecular weight is 310 g/mol. The normalized spacial score (nSPS) is 23.1. The number of rotatable bonds is 6. The van der Waals surface area contributed by atoms with Crippen LogP contribution < -0.4 is 10.0 Å². The van der Waals surface area contributed by atoms with Gasteiger partial charge in [-0.25, -0.2) is 13.1 Å². The predicted molar refractivity (Wildman–Crippen MR) is 85.6 cm³/mol. The molecule has 1 aliphatic carbocycles. The van der Waals surface area contributed by atoms with Crippen molar-refractivity contribution in [1.82, 2.24) is 10.0 Å². The number of nitrogens with one attached hydrogen (secondary N) is 2. The fraction of sp³-hybridized carbons (Fsp3) is 0.625. The SMILES string of the molecule is CCNCc1cccc(S(=O)(=O)NC2CCCCC2C)c1. The summed E-state index contributed by atoms with van der Waals surface area (Å²) in [6.45, 7) is 5.73. The van der Waals surface area contributed by atoms with E-state index < -0.39 is 10.0 Å². The molecule has 0 heterocycles. The third-order valence-electron chi connectivity index (χ3n) is 4.21. The summed E-state index contributed by atoms with van der Waals surface area (Å²) in [4.78, 5) is 0.371. The van der Waals surface area contributed by atoms with Gasteiger partial charge in [0.1, 0.15) is 0 Å². The van der Waals surface area contributed by atoms with Crippen molar-refractivity contribution in [3.05, 3.63) is 29.8 Å². The minimum absolute atomic E-state index is 0.0705. The highest BCUT2D eigenvalue weighted by Gasteiger charge is 2.26. The van der Waals surface area contributed by atoms with E-state index in [1.807, 2.05) is 19.1 Å². The second kappa shape index (κ2) is 7.38. The van der Waals surface area contributed by atoms with Crippen LogP contribution in [0, 0.1) is 5.92 Å². The Kier molecular flexibility index (Phi) is 5.79. The number of benzene rings is 1. The second-order valence-electron chi connectivity index (χ2n) is 5.92. The Morgan fingerprint density at radius 3 is 2.71 bits per heavy atom. The molecule has 1 aliphatic rings. The molecule has 4 nitrogen and oxygen atoms in total. The van der Waals surface area contributed by atoms with Crippen LogP contribution in [0.5, 0.6) is 0 Å². The molecule has 118 valence electrons. The van der Waals surface area contributed by atoms with Gasteiger partial charge in [-0.15, -0.1) is 0 Å². The molecule has 0 spiro atoms. The topological polar surface area (TPSA) is 58.2 Å². The van der Waals surface area contributed by atoms with Gasteiger partial charge in [0.15, 0.2) is 0 Å². The van der Waals surface area contributed by atoms with E-state index in [1.54, 1.807) is 12.1 Å². The maximum atomic E-state index is 12.5. The van der Waals surface area contributed by atoms with E-state index in [0.717, 1.165) is 31.4 Å². The minimum atomic E-state index is -3.42. The number of hydrogen-bond donors (Lipinski definition) is 2. The quantitative estimate of drug-likeness (QED) is 0.849. The van der Waals surface area contributed by atoms with Crippen LogP contribution in [-0.2, 0) is 16.6 Å². The molecular weight excluding hydrogens is 284 g/mol. The number of sulfonamides is 1. The van der Waals surface area contributed by atoms with Gasteiger partial charge >= 0.3 is 0 Å². The summed E-state index contributed by atoms with van der Waals surface area (Å²) < 4.78 is 28.0. The first-order valence-electron chi connectivity index (χ1n) is 7.85. The van der Waals surface area contributed by atoms with Crippen molar-refractivity contribution in [2.24, 2.45) is 5.92 Å². The van der Waals surface area contributed by atoms with Crippen LogP contribution in [0.2, 0.25) is 0 Å². The smallest absolute Gasteiger partial charge is 0.240 e. The lowest BCUT2D eigenvalue weighted by Crippen LogP contribution is -2.41. The van der Waals surface area contributed by atoms with E-state index >= 15 is 0 Å². The summed E-state index contributed by atoms with van der Waals surface area (Å²) in [5, 5.41) is 3.22. The van der Waals surface area contributed by atoms with E-state index in [-0.39, 0.29) is 6.04 Å². The summed E-state index contributed by atoms with van der Waals surface area (Å²) in [6, 6.07) is 7.27. The zero-order valence-electron chi connectivity index (χ0n) is 12.9. The van der Waals surface area contributed by atoms with Crippen molar-refractivity contribution in [3.8, 4) is 0 Å². The molecule has 1 saturated carbocycles. The lowest BCUT2D eigenvalue weighted by atomic mass is 9.87. The summed E-state index contributed by atoms with van der Waals surface area (Å²) in [5.41, 5.74) is 0.997. The molecular formula is C16H26N2O2S. The Bertz CT molecular complexity index is 557. The molecule has 0 bridgehead atoms. The number of hydrogen-bond acceptors (Lipinski definition) is 3. The van der Waals surface area contributed by atoms with Gasteiger partial charge in [0.05, 0.1) is 4.90 Å². The van der Waals surface area contributed by atoms with Crippen LogP contribution >= 0.6 is 0 Å². The average Bonchev–Trinajstić information content (AvgIpc) is 2.48. The van der Waals surface area contributed by atoms with Crippen molar-refractivity contribution >= 4 is 10.0 Å². The molecule has 2 rings (SSSR count). The van der Waals surface area contributed by atoms with Gasteiger partial charge in [0, 0.05) is 12.6 Å². The molecule has 0 aliphatic heterocycles. The summed E-state index contributed by atoms with van der Waals surface area (Å²) in [5.74, 6) is 0.415. The van der Waals surface area contributed by atoms with Gasteiger partial charge < -0.3 is 5.32 Å². The van der Waals surface area contributed by atoms with E-state index in [0.29, 0.717) is 17.4 Å². The lowest BCUT2D eigenvalue weighted by Gasteiger charge is -2.29. The Balaban J connectivity index is 2.11. The first-order valence-corrected chi connectivity index (χ1v) is 9.33. The van der Waals surface area contributed by atoms with Gasteiger partial charge in [0.25, 0.3) is 0 Å². The highest BCUT2D eigenvalue weighted by Crippen LogP contribution is 2.25. The van der Waals surface area contributed by atoms with Crippen LogP contribution in [0.4, 0.5) is 0 Å². The van der Waals surface area contributed by atoms with Gasteiger partial charge in [-0.3, -0.25) is 0 Å². The fourth-order valence-corrected chi connectivity index (χ4v) is 4.30. The summed E-state index contributed by atoms with van der Waals surface area (Å²) >= 11 is 0. The van der Waals surface area contributed by atoms with Crippen molar-refractivity contribution in [2.75, 3.05) is 6.54 Å². The Hall–Kier alpha value is -0.910. The van der Waals surface area contributed by atoms with Crippen LogP contribution in [0.25, 0.3) is 0 Å². The van der Waals surface area contributed by atoms with Crippen LogP contribution in [0.1, 0.15) is 45.1 Å². The van der Waals surface area contributed by atoms with Gasteiger partial charge in [-0.1, -0.05) is 38.8 Å². The standard InChI is InChI=1S/C16H26N2O2S/c1-3-17-12-14-8-6-9-15(11-14)21(19,20)18-16-10-5-4-7-13(16)2/h6,8-9,11,13,16-18H,3-5,7,10,12H2,1-2H3. The molecule has 1 aromatic carbocycles. The first kappa shape index (κ1) is 16.5. The highest BCUT2D eigenvalue weighted by atomic mass is 32.2. The molecule has 0 radical (unpaired) electrons. The van der Waals surface area contributed by atoms with Gasteiger partial charge in [-0.2, -0.15) is 0 Å². The molecule has 21 heavy (non-hydrogen) atoms. The van der Waals surface area contributed by atoms with E-state index in [9.17, 15) is 8.42 Å². The monoisotopic (exact) mass is 310 g/mol. The van der Waals surface area contributed by atoms with Crippen LogP contribution in [0.3, 0.4) is 0 Å². The third kappa shape index (κ3) is 4.53. The summed E-state index contributed by atoms with van der Waals surface area (Å²) in [7, 11) is -3.42. The molecule has 0 amide bonds. The Morgan fingerprint density at radius 1 is 1.24 bits per heavy atom. The molecule has 2 atom stereocenters. The van der Waals surface area contributed by atoms with Gasteiger partial charge in [-0.05, 0) is 43.0 Å². The van der Waals surface area contributed by atoms with Crippen LogP contribution in [-0.4, -0.2) is 21.0 Å². The molecule has 0 aromatic heterocycles. The maximum absolute atomic E-state index is 12.5. The van der Waals surface area contributed by atoms with Crippen molar-refractivity contribution < 1.29 is 8.42 Å². The van der Waals surface area contributed by atoms with Gasteiger partial charge in [0.2, 0.25) is 10.0 Å². The zero-order chi connectivity index (χ0) is 15.3. The Labute approximate surface area is 128 Å². The third-order valence-corrected chi connectivity index (χ3v) is 5.69. The molecule has 2 unspecified atom stereocenters. The van der Waals surface area contributed by atoms with Crippen LogP contribution in [0.15, 0.2) is 29.2 Å². The summed E-state index contributed by atoms with van der Waals surface area (Å²) in [6.07, 6.45) is 4.36. The lowest BCUT2D eigenvalue weighted by molar-refractivity contribution is 0.310. The predicted octanol–water partition coefficient (Wildman–Crippen LogP) is 2.65. The second-order valence-corrected chi connectivity index (χ2v) is 7.63. The molecule has 5 heteroatoms. The molecule has 2 N–H and O–H groups in total. The minimum Gasteiger partial charge on any atom is -0.313 e. The van der Waals surface area contributed by atoms with E-state index in [4.69, 9.17) is 0 Å². The van der Waals surface area contributed by atoms with Crippen molar-refractivity contribution in [2.45, 2.75) is 57.0 Å². The molecule has 0 saturated heterocycles. The molecule has 1 aromatic rings. The fourth-order valence-electron chi connectivity index (χ4n) is 2.85. The highest BCUT2D eigenvalue weighted by molar-refractivity contribution is 7.89. The first-order chi connectivity index (χ1) is 10.0. The molecule has 1 fully saturated rings. The zero-order valence-corrected chi connectivity index (χ0v) is 13.7.